The molecule has 1 aromatic heterocycles. The third-order valence-electron chi connectivity index (χ3n) is 3.20. The van der Waals surface area contributed by atoms with Crippen molar-refractivity contribution in [2.45, 2.75) is 39.5 Å². The Morgan fingerprint density at radius 3 is 2.82 bits per heavy atom. The molecule has 0 spiro atoms. The van der Waals surface area contributed by atoms with Crippen molar-refractivity contribution in [1.29, 1.82) is 0 Å². The van der Waals surface area contributed by atoms with Crippen molar-refractivity contribution >= 4 is 21.7 Å². The number of hydrogen-bond acceptors (Lipinski definition) is 3. The van der Waals surface area contributed by atoms with Crippen molar-refractivity contribution in [2.24, 2.45) is 5.92 Å². The van der Waals surface area contributed by atoms with Gasteiger partial charge in [0.05, 0.1) is 0 Å². The molecule has 0 amide bonds. The van der Waals surface area contributed by atoms with Gasteiger partial charge in [-0.25, -0.2) is 9.97 Å². The van der Waals surface area contributed by atoms with Crippen LogP contribution in [0.15, 0.2) is 10.7 Å². The zero-order valence-electron chi connectivity index (χ0n) is 10.8. The van der Waals surface area contributed by atoms with Crippen LogP contribution in [0.3, 0.4) is 0 Å². The molecule has 0 saturated carbocycles. The van der Waals surface area contributed by atoms with E-state index in [0.29, 0.717) is 5.92 Å². The third kappa shape index (κ3) is 3.18. The van der Waals surface area contributed by atoms with Crippen LogP contribution in [0, 0.1) is 5.92 Å². The molecule has 0 aromatic carbocycles. The second-order valence-electron chi connectivity index (χ2n) is 5.26. The van der Waals surface area contributed by atoms with E-state index < -0.39 is 0 Å². The molecule has 0 bridgehead atoms. The summed E-state index contributed by atoms with van der Waals surface area (Å²) in [6.45, 7) is 8.80. The van der Waals surface area contributed by atoms with Crippen LogP contribution in [0.4, 0.5) is 5.82 Å². The second-order valence-corrected chi connectivity index (χ2v) is 6.07. The van der Waals surface area contributed by atoms with Gasteiger partial charge in [-0.2, -0.15) is 0 Å². The lowest BCUT2D eigenvalue weighted by atomic mass is 10.0. The highest BCUT2D eigenvalue weighted by Gasteiger charge is 2.19. The fraction of sp³-hybridized carbons (Fsp3) is 0.692. The molecule has 1 aliphatic heterocycles. The minimum atomic E-state index is 0.369. The molecular formula is C13H20BrN3. The predicted molar refractivity (Wildman–Crippen MR) is 74.4 cm³/mol. The van der Waals surface area contributed by atoms with Gasteiger partial charge in [0.15, 0.2) is 0 Å². The molecule has 0 aliphatic carbocycles. The zero-order chi connectivity index (χ0) is 12.4. The topological polar surface area (TPSA) is 29.0 Å². The summed E-state index contributed by atoms with van der Waals surface area (Å²) in [4.78, 5) is 11.5. The lowest BCUT2D eigenvalue weighted by Crippen LogP contribution is -2.35. The highest BCUT2D eigenvalue weighted by atomic mass is 79.9. The van der Waals surface area contributed by atoms with Gasteiger partial charge in [-0.05, 0) is 34.7 Å². The Hall–Kier alpha value is -0.640. The summed E-state index contributed by atoms with van der Waals surface area (Å²) in [6, 6.07) is 2.03. The van der Waals surface area contributed by atoms with Crippen LogP contribution in [0.5, 0.6) is 0 Å². The summed E-state index contributed by atoms with van der Waals surface area (Å²) < 4.78 is 0.893. The number of nitrogens with zero attached hydrogens (tertiary/aromatic N) is 3. The normalized spacial score (nSPS) is 21.0. The van der Waals surface area contributed by atoms with Gasteiger partial charge < -0.3 is 4.90 Å². The monoisotopic (exact) mass is 297 g/mol. The summed E-state index contributed by atoms with van der Waals surface area (Å²) in [5.41, 5.74) is 0. The van der Waals surface area contributed by atoms with Crippen LogP contribution < -0.4 is 4.90 Å². The summed E-state index contributed by atoms with van der Waals surface area (Å²) in [5.74, 6) is 3.13. The van der Waals surface area contributed by atoms with Crippen LogP contribution in [-0.4, -0.2) is 23.1 Å². The van der Waals surface area contributed by atoms with Crippen molar-refractivity contribution in [1.82, 2.24) is 9.97 Å². The summed E-state index contributed by atoms with van der Waals surface area (Å²) >= 11 is 3.49. The van der Waals surface area contributed by atoms with E-state index in [1.807, 2.05) is 6.07 Å². The fourth-order valence-corrected chi connectivity index (χ4v) is 2.63. The molecule has 1 fully saturated rings. The molecule has 1 aliphatic rings. The number of halogens is 1. The van der Waals surface area contributed by atoms with Crippen LogP contribution in [0.25, 0.3) is 0 Å². The van der Waals surface area contributed by atoms with Gasteiger partial charge in [-0.1, -0.05) is 20.8 Å². The number of aromatic nitrogens is 2. The largest absolute Gasteiger partial charge is 0.356 e. The molecule has 2 heterocycles. The van der Waals surface area contributed by atoms with E-state index in [1.54, 1.807) is 0 Å². The quantitative estimate of drug-likeness (QED) is 0.781. The third-order valence-corrected chi connectivity index (χ3v) is 3.60. The van der Waals surface area contributed by atoms with Gasteiger partial charge >= 0.3 is 0 Å². The molecule has 1 saturated heterocycles. The molecule has 0 N–H and O–H groups in total. The van der Waals surface area contributed by atoms with Gasteiger partial charge in [0.2, 0.25) is 0 Å². The first-order chi connectivity index (χ1) is 8.06. The standard InChI is InChI=1S/C13H20BrN3/c1-9(2)13-15-11(14)7-12(16-13)17-6-4-5-10(3)8-17/h7,9-10H,4-6,8H2,1-3H3. The van der Waals surface area contributed by atoms with E-state index in [0.717, 1.165) is 35.3 Å². The average molecular weight is 298 g/mol. The number of anilines is 1. The molecular weight excluding hydrogens is 278 g/mol. The lowest BCUT2D eigenvalue weighted by molar-refractivity contribution is 0.444. The van der Waals surface area contributed by atoms with E-state index in [2.05, 4.69) is 51.6 Å². The second kappa shape index (κ2) is 5.34. The Balaban J connectivity index is 2.25. The SMILES string of the molecule is CC1CCCN(c2cc(Br)nc(C(C)C)n2)C1. The molecule has 4 heteroatoms. The Kier molecular flexibility index (Phi) is 4.02. The molecule has 94 valence electrons. The molecule has 1 unspecified atom stereocenters. The van der Waals surface area contributed by atoms with Gasteiger partial charge in [-0.15, -0.1) is 0 Å². The van der Waals surface area contributed by atoms with Crippen molar-refractivity contribution < 1.29 is 0 Å². The van der Waals surface area contributed by atoms with Crippen molar-refractivity contribution in [3.05, 3.63) is 16.5 Å². The summed E-state index contributed by atoms with van der Waals surface area (Å²) in [5, 5.41) is 0. The Bertz CT molecular complexity index is 392. The summed E-state index contributed by atoms with van der Waals surface area (Å²) in [6.07, 6.45) is 2.60. The van der Waals surface area contributed by atoms with E-state index in [-0.39, 0.29) is 0 Å². The van der Waals surface area contributed by atoms with Crippen LogP contribution in [0.2, 0.25) is 0 Å². The first-order valence-electron chi connectivity index (χ1n) is 6.35. The maximum Gasteiger partial charge on any atom is 0.134 e. The van der Waals surface area contributed by atoms with Gasteiger partial charge in [-0.3, -0.25) is 0 Å². The highest BCUT2D eigenvalue weighted by molar-refractivity contribution is 9.10. The highest BCUT2D eigenvalue weighted by Crippen LogP contribution is 2.24. The van der Waals surface area contributed by atoms with Crippen molar-refractivity contribution in [2.75, 3.05) is 18.0 Å². The molecule has 17 heavy (non-hydrogen) atoms. The van der Waals surface area contributed by atoms with E-state index in [4.69, 9.17) is 0 Å². The minimum Gasteiger partial charge on any atom is -0.356 e. The van der Waals surface area contributed by atoms with Gasteiger partial charge in [0.1, 0.15) is 16.2 Å². The molecule has 3 nitrogen and oxygen atoms in total. The summed E-state index contributed by atoms with van der Waals surface area (Å²) in [7, 11) is 0. The fourth-order valence-electron chi connectivity index (χ4n) is 2.24. The van der Waals surface area contributed by atoms with E-state index in [9.17, 15) is 0 Å². The van der Waals surface area contributed by atoms with Crippen LogP contribution in [0.1, 0.15) is 45.4 Å². The van der Waals surface area contributed by atoms with E-state index in [1.165, 1.54) is 12.8 Å². The molecule has 2 rings (SSSR count). The lowest BCUT2D eigenvalue weighted by Gasteiger charge is -2.32. The smallest absolute Gasteiger partial charge is 0.134 e. The molecule has 1 atom stereocenters. The first-order valence-corrected chi connectivity index (χ1v) is 7.15. The Morgan fingerprint density at radius 2 is 2.18 bits per heavy atom. The van der Waals surface area contributed by atoms with Gasteiger partial charge in [0, 0.05) is 25.1 Å². The molecule has 1 aromatic rings. The maximum absolute atomic E-state index is 4.68. The van der Waals surface area contributed by atoms with Crippen molar-refractivity contribution in [3.8, 4) is 0 Å². The first kappa shape index (κ1) is 12.8. The average Bonchev–Trinajstić information content (AvgIpc) is 2.28. The van der Waals surface area contributed by atoms with Gasteiger partial charge in [0.25, 0.3) is 0 Å². The van der Waals surface area contributed by atoms with Crippen LogP contribution >= 0.6 is 15.9 Å². The Labute approximate surface area is 112 Å². The predicted octanol–water partition coefficient (Wildman–Crippen LogP) is 3.60. The number of piperidine rings is 1. The van der Waals surface area contributed by atoms with Crippen LogP contribution in [-0.2, 0) is 0 Å². The zero-order valence-corrected chi connectivity index (χ0v) is 12.4. The minimum absolute atomic E-state index is 0.369. The Morgan fingerprint density at radius 1 is 1.41 bits per heavy atom. The number of hydrogen-bond donors (Lipinski definition) is 0. The van der Waals surface area contributed by atoms with Crippen molar-refractivity contribution in [3.63, 3.8) is 0 Å². The van der Waals surface area contributed by atoms with E-state index >= 15 is 0 Å². The maximum atomic E-state index is 4.68. The number of rotatable bonds is 2. The molecule has 0 radical (unpaired) electrons.